The van der Waals surface area contributed by atoms with Gasteiger partial charge in [0.25, 0.3) is 0 Å². The van der Waals surface area contributed by atoms with Crippen LogP contribution in [0.5, 0.6) is 0 Å². The Bertz CT molecular complexity index is 141. The van der Waals surface area contributed by atoms with Gasteiger partial charge < -0.3 is 9.84 Å². The Morgan fingerprint density at radius 1 is 1.25 bits per heavy atom. The summed E-state index contributed by atoms with van der Waals surface area (Å²) in [5.41, 5.74) is 0. The van der Waals surface area contributed by atoms with Crippen molar-refractivity contribution in [2.75, 3.05) is 13.2 Å². The van der Waals surface area contributed by atoms with Crippen LogP contribution in [0.15, 0.2) is 11.8 Å². The highest BCUT2D eigenvalue weighted by atomic mass is 16.5. The lowest BCUT2D eigenvalue weighted by atomic mass is 10.1. The zero-order valence-corrected chi connectivity index (χ0v) is 7.59. The number of aliphatic hydroxyl groups is 1. The molecule has 0 saturated heterocycles. The van der Waals surface area contributed by atoms with E-state index >= 15 is 0 Å². The Morgan fingerprint density at radius 3 is 2.92 bits per heavy atom. The second kappa shape index (κ2) is 6.06. The largest absolute Gasteiger partial charge is 0.496 e. The van der Waals surface area contributed by atoms with Gasteiger partial charge in [-0.15, -0.1) is 0 Å². The molecule has 1 aliphatic carbocycles. The molecular formula is C10H18O2. The van der Waals surface area contributed by atoms with Gasteiger partial charge in [-0.05, 0) is 25.3 Å². The molecule has 0 atom stereocenters. The summed E-state index contributed by atoms with van der Waals surface area (Å²) in [4.78, 5) is 0. The molecule has 2 nitrogen and oxygen atoms in total. The minimum Gasteiger partial charge on any atom is -0.496 e. The van der Waals surface area contributed by atoms with E-state index in [1.807, 2.05) is 0 Å². The van der Waals surface area contributed by atoms with Gasteiger partial charge in [-0.2, -0.15) is 0 Å². The molecular weight excluding hydrogens is 152 g/mol. The van der Waals surface area contributed by atoms with Crippen LogP contribution >= 0.6 is 0 Å². The van der Waals surface area contributed by atoms with Crippen molar-refractivity contribution in [3.8, 4) is 0 Å². The fourth-order valence-electron chi connectivity index (χ4n) is 1.47. The predicted octanol–water partition coefficient (Wildman–Crippen LogP) is 2.23. The lowest BCUT2D eigenvalue weighted by Gasteiger charge is -2.11. The van der Waals surface area contributed by atoms with Gasteiger partial charge in [0.05, 0.1) is 12.4 Å². The maximum absolute atomic E-state index is 8.57. The number of hydrogen-bond acceptors (Lipinski definition) is 2. The van der Waals surface area contributed by atoms with Crippen molar-refractivity contribution < 1.29 is 9.84 Å². The first-order chi connectivity index (χ1) is 5.93. The SMILES string of the molecule is OCCOC1=CCCCCCC1. The highest BCUT2D eigenvalue weighted by molar-refractivity contribution is 4.94. The fraction of sp³-hybridized carbons (Fsp3) is 0.800. The topological polar surface area (TPSA) is 29.5 Å². The summed E-state index contributed by atoms with van der Waals surface area (Å²) in [6.07, 6.45) is 9.56. The molecule has 0 aromatic rings. The monoisotopic (exact) mass is 170 g/mol. The van der Waals surface area contributed by atoms with Crippen LogP contribution in [-0.2, 0) is 4.74 Å². The molecule has 12 heavy (non-hydrogen) atoms. The minimum absolute atomic E-state index is 0.122. The Balaban J connectivity index is 2.26. The van der Waals surface area contributed by atoms with E-state index in [-0.39, 0.29) is 6.61 Å². The molecule has 0 aliphatic heterocycles. The van der Waals surface area contributed by atoms with Crippen molar-refractivity contribution in [2.45, 2.75) is 38.5 Å². The van der Waals surface area contributed by atoms with E-state index in [9.17, 15) is 0 Å². The first-order valence-corrected chi connectivity index (χ1v) is 4.86. The Morgan fingerprint density at radius 2 is 2.08 bits per heavy atom. The van der Waals surface area contributed by atoms with Crippen LogP contribution < -0.4 is 0 Å². The van der Waals surface area contributed by atoms with Crippen LogP contribution in [-0.4, -0.2) is 18.3 Å². The zero-order chi connectivity index (χ0) is 8.65. The van der Waals surface area contributed by atoms with E-state index in [0.29, 0.717) is 6.61 Å². The van der Waals surface area contributed by atoms with Gasteiger partial charge in [-0.1, -0.05) is 12.8 Å². The highest BCUT2D eigenvalue weighted by Gasteiger charge is 2.01. The fourth-order valence-corrected chi connectivity index (χ4v) is 1.47. The third-order valence-corrected chi connectivity index (χ3v) is 2.13. The summed E-state index contributed by atoms with van der Waals surface area (Å²) >= 11 is 0. The van der Waals surface area contributed by atoms with Gasteiger partial charge in [0, 0.05) is 6.42 Å². The zero-order valence-electron chi connectivity index (χ0n) is 7.59. The number of rotatable bonds is 3. The van der Waals surface area contributed by atoms with E-state index in [4.69, 9.17) is 9.84 Å². The maximum Gasteiger partial charge on any atom is 0.111 e. The second-order valence-corrected chi connectivity index (χ2v) is 3.20. The molecule has 70 valence electrons. The average Bonchev–Trinajstić information content (AvgIpc) is 2.02. The summed E-state index contributed by atoms with van der Waals surface area (Å²) in [7, 11) is 0. The van der Waals surface area contributed by atoms with Gasteiger partial charge >= 0.3 is 0 Å². The second-order valence-electron chi connectivity index (χ2n) is 3.20. The molecule has 0 aromatic heterocycles. The van der Waals surface area contributed by atoms with Crippen molar-refractivity contribution in [3.05, 3.63) is 11.8 Å². The first-order valence-electron chi connectivity index (χ1n) is 4.86. The normalized spacial score (nSPS) is 19.2. The van der Waals surface area contributed by atoms with Crippen LogP contribution in [0.3, 0.4) is 0 Å². The van der Waals surface area contributed by atoms with E-state index in [2.05, 4.69) is 6.08 Å². The van der Waals surface area contributed by atoms with E-state index in [1.165, 1.54) is 25.7 Å². The molecule has 0 bridgehead atoms. The average molecular weight is 170 g/mol. The molecule has 0 fully saturated rings. The number of hydrogen-bond donors (Lipinski definition) is 1. The Labute approximate surface area is 74.2 Å². The van der Waals surface area contributed by atoms with Crippen LogP contribution in [0.1, 0.15) is 38.5 Å². The van der Waals surface area contributed by atoms with Gasteiger partial charge in [0.1, 0.15) is 6.61 Å². The summed E-state index contributed by atoms with van der Waals surface area (Å²) in [5.74, 6) is 1.09. The molecule has 0 heterocycles. The van der Waals surface area contributed by atoms with Crippen molar-refractivity contribution in [1.29, 1.82) is 0 Å². The van der Waals surface area contributed by atoms with Crippen LogP contribution in [0, 0.1) is 0 Å². The van der Waals surface area contributed by atoms with E-state index in [1.54, 1.807) is 0 Å². The predicted molar refractivity (Wildman–Crippen MR) is 48.8 cm³/mol. The molecule has 0 unspecified atom stereocenters. The highest BCUT2D eigenvalue weighted by Crippen LogP contribution is 2.17. The molecule has 0 radical (unpaired) electrons. The lowest BCUT2D eigenvalue weighted by Crippen LogP contribution is -2.00. The summed E-state index contributed by atoms with van der Waals surface area (Å²) < 4.78 is 5.38. The van der Waals surface area contributed by atoms with Crippen molar-refractivity contribution in [1.82, 2.24) is 0 Å². The summed E-state index contributed by atoms with van der Waals surface area (Å²) in [6.45, 7) is 0.573. The van der Waals surface area contributed by atoms with Crippen LogP contribution in [0.4, 0.5) is 0 Å². The van der Waals surface area contributed by atoms with E-state index < -0.39 is 0 Å². The number of ether oxygens (including phenoxy) is 1. The molecule has 1 rings (SSSR count). The quantitative estimate of drug-likeness (QED) is 0.703. The molecule has 1 aliphatic rings. The van der Waals surface area contributed by atoms with Crippen LogP contribution in [0.25, 0.3) is 0 Å². The summed E-state index contributed by atoms with van der Waals surface area (Å²) in [5, 5.41) is 8.57. The first kappa shape index (κ1) is 9.59. The summed E-state index contributed by atoms with van der Waals surface area (Å²) in [6, 6.07) is 0. The van der Waals surface area contributed by atoms with Crippen molar-refractivity contribution >= 4 is 0 Å². The molecule has 1 N–H and O–H groups in total. The molecule has 0 amide bonds. The van der Waals surface area contributed by atoms with Gasteiger partial charge in [0.2, 0.25) is 0 Å². The maximum atomic E-state index is 8.57. The molecule has 0 aromatic carbocycles. The standard InChI is InChI=1S/C10H18O2/c11-8-9-12-10-6-4-2-1-3-5-7-10/h6,11H,1-5,7-9H2. The lowest BCUT2D eigenvalue weighted by molar-refractivity contribution is 0.137. The smallest absolute Gasteiger partial charge is 0.111 e. The minimum atomic E-state index is 0.122. The van der Waals surface area contributed by atoms with Gasteiger partial charge in [-0.3, -0.25) is 0 Å². The van der Waals surface area contributed by atoms with E-state index in [0.717, 1.165) is 18.6 Å². The van der Waals surface area contributed by atoms with Crippen LogP contribution in [0.2, 0.25) is 0 Å². The van der Waals surface area contributed by atoms with Crippen molar-refractivity contribution in [2.24, 2.45) is 0 Å². The Kier molecular flexibility index (Phi) is 4.85. The van der Waals surface area contributed by atoms with Crippen molar-refractivity contribution in [3.63, 3.8) is 0 Å². The van der Waals surface area contributed by atoms with Gasteiger partial charge in [-0.25, -0.2) is 0 Å². The molecule has 0 spiro atoms. The molecule has 2 heteroatoms. The third-order valence-electron chi connectivity index (χ3n) is 2.13. The molecule has 0 saturated carbocycles. The number of allylic oxidation sites excluding steroid dienone is 2. The number of aliphatic hydroxyl groups excluding tert-OH is 1. The Hall–Kier alpha value is -0.500. The third kappa shape index (κ3) is 3.77. The van der Waals surface area contributed by atoms with Gasteiger partial charge in [0.15, 0.2) is 0 Å².